The number of nitro benzene ring substituents is 1. The second-order valence-electron chi connectivity index (χ2n) is 5.93. The molecule has 2 heterocycles. The summed E-state index contributed by atoms with van der Waals surface area (Å²) in [5.74, 6) is -1.18. The summed E-state index contributed by atoms with van der Waals surface area (Å²) in [5.41, 5.74) is -0.184. The van der Waals surface area contributed by atoms with Gasteiger partial charge in [-0.25, -0.2) is 9.37 Å². The van der Waals surface area contributed by atoms with Gasteiger partial charge in [0.05, 0.1) is 18.1 Å². The number of hydrogen-bond donors (Lipinski definition) is 0. The van der Waals surface area contributed by atoms with Crippen LogP contribution in [-0.4, -0.2) is 28.9 Å². The summed E-state index contributed by atoms with van der Waals surface area (Å²) < 4.78 is 24.7. The number of carbonyl (C=O) groups excluding carboxylic acids is 1. The second kappa shape index (κ2) is 6.82. The highest BCUT2D eigenvalue weighted by atomic mass is 19.1. The average molecular weight is 368 g/mol. The van der Waals surface area contributed by atoms with Crippen LogP contribution in [0.1, 0.15) is 27.8 Å². The zero-order valence-electron chi connectivity index (χ0n) is 13.9. The molecule has 7 nitrogen and oxygen atoms in total. The van der Waals surface area contributed by atoms with E-state index >= 15 is 0 Å². The number of ketones is 1. The molecule has 0 radical (unpaired) electrons. The van der Waals surface area contributed by atoms with Gasteiger partial charge >= 0.3 is 5.69 Å². The van der Waals surface area contributed by atoms with Gasteiger partial charge in [-0.15, -0.1) is 0 Å². The van der Waals surface area contributed by atoms with Crippen molar-refractivity contribution in [3.8, 4) is 0 Å². The smallest absolute Gasteiger partial charge is 0.306 e. The molecule has 3 aromatic rings. The van der Waals surface area contributed by atoms with Crippen molar-refractivity contribution >= 4 is 22.4 Å². The molecule has 0 amide bonds. The van der Waals surface area contributed by atoms with E-state index in [0.717, 1.165) is 6.07 Å². The van der Waals surface area contributed by atoms with E-state index in [2.05, 4.69) is 4.98 Å². The summed E-state index contributed by atoms with van der Waals surface area (Å²) >= 11 is 0. The lowest BCUT2D eigenvalue weighted by Gasteiger charge is -2.12. The standard InChI is InChI=1S/C19H13FN2O5/c20-15-6-4-12(10-14(15)19-26-8-9-27-19)18(23)13-5-3-11-2-1-7-21-16(11)17(13)22(24)25/h1-7,10,19H,8-9H2. The lowest BCUT2D eigenvalue weighted by Crippen LogP contribution is -2.09. The van der Waals surface area contributed by atoms with Crippen LogP contribution in [0.3, 0.4) is 0 Å². The maximum absolute atomic E-state index is 14.1. The molecule has 1 aliphatic rings. The first-order valence-corrected chi connectivity index (χ1v) is 8.16. The van der Waals surface area contributed by atoms with Crippen LogP contribution in [0.2, 0.25) is 0 Å². The van der Waals surface area contributed by atoms with E-state index in [-0.39, 0.29) is 27.9 Å². The van der Waals surface area contributed by atoms with Crippen molar-refractivity contribution in [1.29, 1.82) is 0 Å². The number of carbonyl (C=O) groups is 1. The molecule has 1 aliphatic heterocycles. The largest absolute Gasteiger partial charge is 0.346 e. The number of hydrogen-bond acceptors (Lipinski definition) is 6. The number of benzene rings is 2. The highest BCUT2D eigenvalue weighted by Gasteiger charge is 2.28. The second-order valence-corrected chi connectivity index (χ2v) is 5.93. The SMILES string of the molecule is O=C(c1ccc(F)c(C2OCCO2)c1)c1ccc2cccnc2c1[N+](=O)[O-]. The van der Waals surface area contributed by atoms with Gasteiger partial charge in [0.15, 0.2) is 12.1 Å². The molecule has 8 heteroatoms. The van der Waals surface area contributed by atoms with Crippen LogP contribution in [0.15, 0.2) is 48.7 Å². The molecule has 27 heavy (non-hydrogen) atoms. The van der Waals surface area contributed by atoms with Crippen molar-refractivity contribution in [2.45, 2.75) is 6.29 Å². The Balaban J connectivity index is 1.82. The summed E-state index contributed by atoms with van der Waals surface area (Å²) in [6, 6.07) is 10.0. The Kier molecular flexibility index (Phi) is 4.35. The summed E-state index contributed by atoms with van der Waals surface area (Å²) in [4.78, 5) is 28.0. The minimum Gasteiger partial charge on any atom is -0.346 e. The highest BCUT2D eigenvalue weighted by Crippen LogP contribution is 2.31. The molecule has 0 atom stereocenters. The minimum absolute atomic E-state index is 0.0833. The average Bonchev–Trinajstić information content (AvgIpc) is 3.21. The number of fused-ring (bicyclic) bond motifs is 1. The predicted molar refractivity (Wildman–Crippen MR) is 92.9 cm³/mol. The number of ether oxygens (including phenoxy) is 2. The minimum atomic E-state index is -0.897. The van der Waals surface area contributed by atoms with Gasteiger partial charge in [-0.2, -0.15) is 0 Å². The van der Waals surface area contributed by atoms with Gasteiger partial charge in [0.1, 0.15) is 16.9 Å². The third kappa shape index (κ3) is 3.05. The van der Waals surface area contributed by atoms with Crippen LogP contribution in [0, 0.1) is 15.9 Å². The summed E-state index contributed by atoms with van der Waals surface area (Å²) in [7, 11) is 0. The topological polar surface area (TPSA) is 91.6 Å². The first kappa shape index (κ1) is 17.2. The first-order valence-electron chi connectivity index (χ1n) is 8.16. The zero-order chi connectivity index (χ0) is 19.0. The molecular formula is C19H13FN2O5. The molecule has 4 rings (SSSR count). The third-order valence-electron chi connectivity index (χ3n) is 4.31. The Hall–Kier alpha value is -3.23. The van der Waals surface area contributed by atoms with Crippen LogP contribution in [0.5, 0.6) is 0 Å². The molecule has 1 saturated heterocycles. The van der Waals surface area contributed by atoms with Crippen molar-refractivity contribution in [2.75, 3.05) is 13.2 Å². The number of pyridine rings is 1. The van der Waals surface area contributed by atoms with Gasteiger partial charge in [-0.05, 0) is 30.3 Å². The molecule has 0 aliphatic carbocycles. The maximum Gasteiger partial charge on any atom is 0.306 e. The fourth-order valence-electron chi connectivity index (χ4n) is 3.06. The normalized spacial score (nSPS) is 14.6. The highest BCUT2D eigenvalue weighted by molar-refractivity contribution is 6.14. The Labute approximate surface area is 152 Å². The monoisotopic (exact) mass is 368 g/mol. The van der Waals surface area contributed by atoms with Crippen molar-refractivity contribution in [1.82, 2.24) is 4.98 Å². The van der Waals surface area contributed by atoms with Crippen molar-refractivity contribution in [3.63, 3.8) is 0 Å². The van der Waals surface area contributed by atoms with Crippen molar-refractivity contribution < 1.29 is 23.6 Å². The molecule has 1 fully saturated rings. The summed E-state index contributed by atoms with van der Waals surface area (Å²) in [6.45, 7) is 0.647. The number of aromatic nitrogens is 1. The number of nitro groups is 1. The van der Waals surface area contributed by atoms with Crippen LogP contribution in [0.4, 0.5) is 10.1 Å². The van der Waals surface area contributed by atoms with Crippen LogP contribution in [-0.2, 0) is 9.47 Å². The van der Waals surface area contributed by atoms with Crippen molar-refractivity contribution in [3.05, 3.63) is 81.3 Å². The Morgan fingerprint density at radius 3 is 2.70 bits per heavy atom. The van der Waals surface area contributed by atoms with Gasteiger partial charge in [-0.3, -0.25) is 14.9 Å². The fraction of sp³-hybridized carbons (Fsp3) is 0.158. The van der Waals surface area contributed by atoms with Gasteiger partial charge in [0.25, 0.3) is 0 Å². The Morgan fingerprint density at radius 1 is 1.19 bits per heavy atom. The zero-order valence-corrected chi connectivity index (χ0v) is 13.9. The molecule has 0 saturated carbocycles. The van der Waals surface area contributed by atoms with Gasteiger partial charge in [-0.1, -0.05) is 12.1 Å². The molecule has 0 unspecified atom stereocenters. The van der Waals surface area contributed by atoms with E-state index in [4.69, 9.17) is 9.47 Å². The molecule has 0 N–H and O–H groups in total. The molecule has 1 aromatic heterocycles. The van der Waals surface area contributed by atoms with E-state index < -0.39 is 22.8 Å². The van der Waals surface area contributed by atoms with E-state index in [1.807, 2.05) is 0 Å². The molecular weight excluding hydrogens is 355 g/mol. The van der Waals surface area contributed by atoms with Gasteiger partial charge in [0.2, 0.25) is 0 Å². The maximum atomic E-state index is 14.1. The van der Waals surface area contributed by atoms with Crippen LogP contribution >= 0.6 is 0 Å². The van der Waals surface area contributed by atoms with E-state index in [1.165, 1.54) is 24.4 Å². The third-order valence-corrected chi connectivity index (χ3v) is 4.31. The number of rotatable bonds is 4. The number of nitrogens with zero attached hydrogens (tertiary/aromatic N) is 2. The predicted octanol–water partition coefficient (Wildman–Crippen LogP) is 3.56. The quantitative estimate of drug-likeness (QED) is 0.397. The molecule has 0 spiro atoms. The van der Waals surface area contributed by atoms with E-state index in [1.54, 1.807) is 18.2 Å². The molecule has 0 bridgehead atoms. The van der Waals surface area contributed by atoms with Crippen molar-refractivity contribution in [2.24, 2.45) is 0 Å². The first-order chi connectivity index (χ1) is 13.1. The van der Waals surface area contributed by atoms with Crippen LogP contribution < -0.4 is 0 Å². The Morgan fingerprint density at radius 2 is 1.96 bits per heavy atom. The van der Waals surface area contributed by atoms with Gasteiger partial charge in [0, 0.05) is 22.7 Å². The fourth-order valence-corrected chi connectivity index (χ4v) is 3.06. The summed E-state index contributed by atoms with van der Waals surface area (Å²) in [5, 5.41) is 12.2. The van der Waals surface area contributed by atoms with E-state index in [9.17, 15) is 19.3 Å². The number of halogens is 1. The molecule has 2 aromatic carbocycles. The molecule has 136 valence electrons. The van der Waals surface area contributed by atoms with Gasteiger partial charge < -0.3 is 9.47 Å². The Bertz CT molecular complexity index is 1060. The summed E-state index contributed by atoms with van der Waals surface area (Å²) in [6.07, 6.45) is 0.528. The lowest BCUT2D eigenvalue weighted by atomic mass is 9.98. The van der Waals surface area contributed by atoms with E-state index in [0.29, 0.717) is 18.6 Å². The lowest BCUT2D eigenvalue weighted by molar-refractivity contribution is -0.383. The van der Waals surface area contributed by atoms with Crippen LogP contribution in [0.25, 0.3) is 10.9 Å².